The number of anilines is 1. The number of carbonyl (C=O) groups is 1. The summed E-state index contributed by atoms with van der Waals surface area (Å²) in [6, 6.07) is 26.0. The first-order chi connectivity index (χ1) is 16.7. The third-order valence-electron chi connectivity index (χ3n) is 7.62. The first kappa shape index (κ1) is 23.8. The van der Waals surface area contributed by atoms with E-state index in [1.165, 1.54) is 12.0 Å². The first-order valence-electron chi connectivity index (χ1n) is 12.7. The molecule has 0 spiro atoms. The van der Waals surface area contributed by atoms with Crippen molar-refractivity contribution in [1.82, 2.24) is 5.06 Å². The summed E-state index contributed by atoms with van der Waals surface area (Å²) in [6.45, 7) is 11.2. The molecule has 5 rings (SSSR count). The maximum absolute atomic E-state index is 14.0. The molecule has 1 amide bonds. The summed E-state index contributed by atoms with van der Waals surface area (Å²) in [4.78, 5) is 23.0. The van der Waals surface area contributed by atoms with E-state index in [9.17, 15) is 4.79 Å². The monoisotopic (exact) mass is 468 g/mol. The minimum atomic E-state index is -0.307. The Morgan fingerprint density at radius 3 is 2.09 bits per heavy atom. The van der Waals surface area contributed by atoms with E-state index in [0.717, 1.165) is 29.7 Å². The van der Waals surface area contributed by atoms with Crippen LogP contribution in [0.15, 0.2) is 78.9 Å². The Kier molecular flexibility index (Phi) is 6.06. The molecule has 3 aromatic carbocycles. The van der Waals surface area contributed by atoms with Crippen molar-refractivity contribution in [2.45, 2.75) is 77.1 Å². The smallest absolute Gasteiger partial charge is 0.258 e. The fourth-order valence-electron chi connectivity index (χ4n) is 5.94. The summed E-state index contributed by atoms with van der Waals surface area (Å²) in [6.07, 6.45) is 3.03. The average Bonchev–Trinajstić information content (AvgIpc) is 3.16. The predicted octanol–water partition coefficient (Wildman–Crippen LogP) is 7.41. The number of amides is 1. The average molecular weight is 469 g/mol. The predicted molar refractivity (Wildman–Crippen MR) is 141 cm³/mol. The SMILES string of the molecule is Cc1ccc([C@H]2[C@H](ON3C(C)(C)CCCC3(C)C)c3ccccc3N2C(=O)c2ccccc2)cc1. The number of nitrogens with zero attached hydrogens (tertiary/aromatic N) is 2. The molecule has 182 valence electrons. The van der Waals surface area contributed by atoms with Gasteiger partial charge in [-0.25, -0.2) is 0 Å². The van der Waals surface area contributed by atoms with E-state index in [2.05, 4.69) is 70.0 Å². The summed E-state index contributed by atoms with van der Waals surface area (Å²) in [5.74, 6) is -0.00751. The molecular formula is C31H36N2O2. The molecule has 3 aromatic rings. The minimum Gasteiger partial charge on any atom is -0.297 e. The van der Waals surface area contributed by atoms with Crippen LogP contribution >= 0.6 is 0 Å². The molecular weight excluding hydrogens is 432 g/mol. The van der Waals surface area contributed by atoms with Gasteiger partial charge in [-0.3, -0.25) is 14.5 Å². The summed E-state index contributed by atoms with van der Waals surface area (Å²) in [7, 11) is 0. The zero-order chi connectivity index (χ0) is 24.8. The van der Waals surface area contributed by atoms with E-state index in [4.69, 9.17) is 4.84 Å². The van der Waals surface area contributed by atoms with Crippen LogP contribution in [0.3, 0.4) is 0 Å². The largest absolute Gasteiger partial charge is 0.297 e. The lowest BCUT2D eigenvalue weighted by Gasteiger charge is -2.52. The maximum Gasteiger partial charge on any atom is 0.258 e. The second-order valence-corrected chi connectivity index (χ2v) is 11.3. The molecule has 0 aliphatic carbocycles. The van der Waals surface area contributed by atoms with Crippen LogP contribution in [0.1, 0.15) is 86.2 Å². The lowest BCUT2D eigenvalue weighted by Crippen LogP contribution is -2.58. The molecule has 2 heterocycles. The van der Waals surface area contributed by atoms with Gasteiger partial charge in [0.1, 0.15) is 6.10 Å². The second kappa shape index (κ2) is 8.92. The molecule has 0 bridgehead atoms. The number of fused-ring (bicyclic) bond motifs is 1. The fourth-order valence-corrected chi connectivity index (χ4v) is 5.94. The minimum absolute atomic E-state index is 0.00751. The molecule has 0 N–H and O–H groups in total. The number of piperidine rings is 1. The topological polar surface area (TPSA) is 32.8 Å². The normalized spacial score (nSPS) is 23.2. The van der Waals surface area contributed by atoms with E-state index in [1.807, 2.05) is 53.4 Å². The van der Waals surface area contributed by atoms with E-state index >= 15 is 0 Å². The van der Waals surface area contributed by atoms with E-state index in [1.54, 1.807) is 0 Å². The number of hydroxylamine groups is 2. The Morgan fingerprint density at radius 1 is 0.829 bits per heavy atom. The molecule has 2 aliphatic heterocycles. The third kappa shape index (κ3) is 4.30. The van der Waals surface area contributed by atoms with Crippen LogP contribution in [-0.2, 0) is 4.84 Å². The Hall–Kier alpha value is -2.95. The summed E-state index contributed by atoms with van der Waals surface area (Å²) in [5.41, 5.74) is 4.72. The van der Waals surface area contributed by atoms with Gasteiger partial charge in [-0.2, -0.15) is 5.06 Å². The quantitative estimate of drug-likeness (QED) is 0.400. The number of rotatable bonds is 4. The van der Waals surface area contributed by atoms with Crippen molar-refractivity contribution in [2.75, 3.05) is 4.90 Å². The van der Waals surface area contributed by atoms with Gasteiger partial charge in [-0.1, -0.05) is 66.2 Å². The van der Waals surface area contributed by atoms with Crippen molar-refractivity contribution >= 4 is 11.6 Å². The molecule has 2 atom stereocenters. The number of hydrogen-bond donors (Lipinski definition) is 0. The fraction of sp³-hybridized carbons (Fsp3) is 0.387. The molecule has 0 radical (unpaired) electrons. The van der Waals surface area contributed by atoms with Crippen LogP contribution in [0.2, 0.25) is 0 Å². The van der Waals surface area contributed by atoms with Gasteiger partial charge in [0.25, 0.3) is 5.91 Å². The van der Waals surface area contributed by atoms with Crippen LogP contribution < -0.4 is 4.90 Å². The Balaban J connectivity index is 1.64. The summed E-state index contributed by atoms with van der Waals surface area (Å²) >= 11 is 0. The molecule has 0 aromatic heterocycles. The lowest BCUT2D eigenvalue weighted by molar-refractivity contribution is -0.309. The van der Waals surface area contributed by atoms with Crippen LogP contribution in [0, 0.1) is 6.92 Å². The number of carbonyl (C=O) groups excluding carboxylic acids is 1. The highest BCUT2D eigenvalue weighted by molar-refractivity contribution is 6.08. The first-order valence-corrected chi connectivity index (χ1v) is 12.7. The summed E-state index contributed by atoms with van der Waals surface area (Å²) in [5, 5.41) is 2.22. The van der Waals surface area contributed by atoms with Crippen molar-refractivity contribution in [3.05, 3.63) is 101 Å². The van der Waals surface area contributed by atoms with Gasteiger partial charge in [-0.15, -0.1) is 0 Å². The van der Waals surface area contributed by atoms with Gasteiger partial charge in [0.15, 0.2) is 0 Å². The number of hydrogen-bond acceptors (Lipinski definition) is 3. The molecule has 0 saturated carbocycles. The van der Waals surface area contributed by atoms with E-state index in [-0.39, 0.29) is 29.1 Å². The third-order valence-corrected chi connectivity index (χ3v) is 7.62. The number of benzene rings is 3. The van der Waals surface area contributed by atoms with Crippen LogP contribution in [0.4, 0.5) is 5.69 Å². The Morgan fingerprint density at radius 2 is 1.43 bits per heavy atom. The van der Waals surface area contributed by atoms with Crippen molar-refractivity contribution in [3.8, 4) is 0 Å². The van der Waals surface area contributed by atoms with Crippen LogP contribution in [0.25, 0.3) is 0 Å². The highest BCUT2D eigenvalue weighted by atomic mass is 16.7. The molecule has 0 unspecified atom stereocenters. The standard InChI is InChI=1S/C31H36N2O2/c1-22-16-18-23(19-17-22)27-28(35-33-30(2,3)20-11-21-31(33,4)5)25-14-9-10-15-26(25)32(27)29(34)24-12-7-6-8-13-24/h6-10,12-19,27-28H,11,20-21H2,1-5H3/t27-,28+/m0/s1. The highest BCUT2D eigenvalue weighted by Gasteiger charge is 2.49. The highest BCUT2D eigenvalue weighted by Crippen LogP contribution is 2.52. The van der Waals surface area contributed by atoms with E-state index < -0.39 is 0 Å². The molecule has 1 fully saturated rings. The van der Waals surface area contributed by atoms with Gasteiger partial charge in [0.05, 0.1) is 11.7 Å². The second-order valence-electron chi connectivity index (χ2n) is 11.3. The van der Waals surface area contributed by atoms with Gasteiger partial charge in [-0.05, 0) is 77.6 Å². The van der Waals surface area contributed by atoms with Crippen molar-refractivity contribution in [2.24, 2.45) is 0 Å². The number of aryl methyl sites for hydroxylation is 1. The van der Waals surface area contributed by atoms with Crippen molar-refractivity contribution < 1.29 is 9.63 Å². The zero-order valence-corrected chi connectivity index (χ0v) is 21.5. The zero-order valence-electron chi connectivity index (χ0n) is 21.5. The molecule has 1 saturated heterocycles. The van der Waals surface area contributed by atoms with Gasteiger partial charge < -0.3 is 0 Å². The molecule has 4 nitrogen and oxygen atoms in total. The Labute approximate surface area is 209 Å². The molecule has 2 aliphatic rings. The van der Waals surface area contributed by atoms with Crippen LogP contribution in [0.5, 0.6) is 0 Å². The number of para-hydroxylation sites is 1. The molecule has 4 heteroatoms. The molecule has 35 heavy (non-hydrogen) atoms. The maximum atomic E-state index is 14.0. The van der Waals surface area contributed by atoms with Crippen molar-refractivity contribution in [3.63, 3.8) is 0 Å². The lowest BCUT2D eigenvalue weighted by atomic mass is 9.82. The van der Waals surface area contributed by atoms with Crippen molar-refractivity contribution in [1.29, 1.82) is 0 Å². The van der Waals surface area contributed by atoms with Gasteiger partial charge >= 0.3 is 0 Å². The van der Waals surface area contributed by atoms with Gasteiger partial charge in [0.2, 0.25) is 0 Å². The van der Waals surface area contributed by atoms with E-state index in [0.29, 0.717) is 5.56 Å². The van der Waals surface area contributed by atoms with Crippen LogP contribution in [-0.4, -0.2) is 22.0 Å². The Bertz CT molecular complexity index is 1180. The van der Waals surface area contributed by atoms with Gasteiger partial charge in [0, 0.05) is 22.2 Å². The summed E-state index contributed by atoms with van der Waals surface area (Å²) < 4.78 is 0.